The summed E-state index contributed by atoms with van der Waals surface area (Å²) in [6.45, 7) is 0.605. The predicted molar refractivity (Wildman–Crippen MR) is 76.9 cm³/mol. The monoisotopic (exact) mass is 313 g/mol. The largest absolute Gasteiger partial charge is 0.478 e. The lowest BCUT2D eigenvalue weighted by atomic mass is 10.0. The Balaban J connectivity index is 2.20. The summed E-state index contributed by atoms with van der Waals surface area (Å²) in [5.74, 6) is -1.44. The molecule has 1 aromatic carbocycles. The molecule has 1 fully saturated rings. The summed E-state index contributed by atoms with van der Waals surface area (Å²) in [6, 6.07) is 5.20. The van der Waals surface area contributed by atoms with E-state index in [1.54, 1.807) is 17.0 Å². The lowest BCUT2D eigenvalue weighted by Gasteiger charge is -2.24. The lowest BCUT2D eigenvalue weighted by molar-refractivity contribution is -0.132. The van der Waals surface area contributed by atoms with Crippen LogP contribution in [0, 0.1) is 0 Å². The minimum absolute atomic E-state index is 0.0873. The number of likely N-dealkylation sites (tertiary alicyclic amines) is 1. The number of nitrogens with zero attached hydrogens (tertiary/aromatic N) is 1. The smallest absolute Gasteiger partial charge is 0.328 e. The fourth-order valence-corrected chi connectivity index (χ4v) is 2.64. The van der Waals surface area contributed by atoms with Gasteiger partial charge in [0.2, 0.25) is 5.91 Å². The van der Waals surface area contributed by atoms with Gasteiger partial charge in [-0.05, 0) is 30.5 Å². The van der Waals surface area contributed by atoms with Crippen molar-refractivity contribution in [3.8, 4) is 0 Å². The number of hydrogen-bond acceptors (Lipinski definition) is 2. The molecule has 1 N–H and O–H groups in total. The maximum absolute atomic E-state index is 12.0. The number of amides is 1. The summed E-state index contributed by atoms with van der Waals surface area (Å²) in [7, 11) is 0. The second kappa shape index (κ2) is 6.29. The van der Waals surface area contributed by atoms with Gasteiger partial charge in [0.25, 0.3) is 0 Å². The number of aliphatic carboxylic acids is 1. The van der Waals surface area contributed by atoms with E-state index in [-0.39, 0.29) is 11.9 Å². The molecule has 1 aliphatic heterocycles. The quantitative estimate of drug-likeness (QED) is 0.871. The zero-order valence-corrected chi connectivity index (χ0v) is 12.1. The molecule has 1 amide bonds. The number of carboxylic acid groups (broad SMARTS) is 1. The maximum Gasteiger partial charge on any atom is 0.328 e. The van der Waals surface area contributed by atoms with Crippen molar-refractivity contribution >= 4 is 35.1 Å². The highest BCUT2D eigenvalue weighted by molar-refractivity contribution is 6.42. The maximum atomic E-state index is 12.0. The van der Waals surface area contributed by atoms with Gasteiger partial charge in [0.1, 0.15) is 0 Å². The van der Waals surface area contributed by atoms with Crippen LogP contribution in [-0.2, 0) is 9.59 Å². The van der Waals surface area contributed by atoms with Crippen molar-refractivity contribution in [3.63, 3.8) is 0 Å². The van der Waals surface area contributed by atoms with Gasteiger partial charge in [-0.2, -0.15) is 0 Å². The van der Waals surface area contributed by atoms with E-state index in [1.165, 1.54) is 0 Å². The van der Waals surface area contributed by atoms with Crippen LogP contribution in [0.2, 0.25) is 10.0 Å². The molecule has 1 aliphatic rings. The first-order chi connectivity index (χ1) is 9.49. The van der Waals surface area contributed by atoms with E-state index < -0.39 is 5.97 Å². The Hall–Kier alpha value is -1.52. The molecule has 20 heavy (non-hydrogen) atoms. The molecule has 0 bridgehead atoms. The van der Waals surface area contributed by atoms with Crippen LogP contribution in [-0.4, -0.2) is 28.4 Å². The van der Waals surface area contributed by atoms with E-state index >= 15 is 0 Å². The van der Waals surface area contributed by atoms with E-state index in [9.17, 15) is 9.59 Å². The molecular weight excluding hydrogens is 301 g/mol. The normalized spacial score (nSPS) is 18.7. The van der Waals surface area contributed by atoms with Crippen LogP contribution in [0.4, 0.5) is 0 Å². The standard InChI is InChI=1S/C14H13Cl2NO3/c15-10-4-3-9(8-11(10)16)12-2-1-7-17(12)13(18)5-6-14(19)20/h3-6,8,12H,1-2,7H2,(H,19,20)/b6-5+. The zero-order chi connectivity index (χ0) is 14.7. The minimum Gasteiger partial charge on any atom is -0.478 e. The summed E-state index contributed by atoms with van der Waals surface area (Å²) in [5, 5.41) is 9.48. The molecule has 1 atom stereocenters. The van der Waals surface area contributed by atoms with Crippen LogP contribution in [0.15, 0.2) is 30.4 Å². The number of carboxylic acids is 1. The SMILES string of the molecule is O=C(O)/C=C/C(=O)N1CCCC1c1ccc(Cl)c(Cl)c1. The average Bonchev–Trinajstić information content (AvgIpc) is 2.88. The average molecular weight is 314 g/mol. The first kappa shape index (κ1) is 14.9. The number of hydrogen-bond donors (Lipinski definition) is 1. The first-order valence-electron chi connectivity index (χ1n) is 6.15. The van der Waals surface area contributed by atoms with Gasteiger partial charge in [0.15, 0.2) is 0 Å². The van der Waals surface area contributed by atoms with Crippen LogP contribution in [0.25, 0.3) is 0 Å². The Bertz CT molecular complexity index is 572. The van der Waals surface area contributed by atoms with E-state index in [2.05, 4.69) is 0 Å². The van der Waals surface area contributed by atoms with E-state index in [0.29, 0.717) is 16.6 Å². The van der Waals surface area contributed by atoms with Crippen molar-refractivity contribution in [1.82, 2.24) is 4.90 Å². The summed E-state index contributed by atoms with van der Waals surface area (Å²) < 4.78 is 0. The van der Waals surface area contributed by atoms with Crippen molar-refractivity contribution in [2.45, 2.75) is 18.9 Å². The molecule has 1 aromatic rings. The van der Waals surface area contributed by atoms with Crippen LogP contribution in [0.5, 0.6) is 0 Å². The Labute approximate surface area is 126 Å². The lowest BCUT2D eigenvalue weighted by Crippen LogP contribution is -2.29. The third-order valence-corrected chi connectivity index (χ3v) is 3.97. The van der Waals surface area contributed by atoms with Gasteiger partial charge in [-0.3, -0.25) is 4.79 Å². The summed E-state index contributed by atoms with van der Waals surface area (Å²) in [4.78, 5) is 24.1. The topological polar surface area (TPSA) is 57.6 Å². The van der Waals surface area contributed by atoms with Gasteiger partial charge in [-0.15, -0.1) is 0 Å². The van der Waals surface area contributed by atoms with Crippen molar-refractivity contribution in [1.29, 1.82) is 0 Å². The molecule has 0 spiro atoms. The fourth-order valence-electron chi connectivity index (χ4n) is 2.34. The third kappa shape index (κ3) is 3.32. The van der Waals surface area contributed by atoms with Crippen molar-refractivity contribution in [3.05, 3.63) is 46.0 Å². The fraction of sp³-hybridized carbons (Fsp3) is 0.286. The van der Waals surface area contributed by atoms with Gasteiger partial charge in [-0.25, -0.2) is 4.79 Å². The van der Waals surface area contributed by atoms with Gasteiger partial charge in [0, 0.05) is 18.7 Å². The van der Waals surface area contributed by atoms with E-state index in [4.69, 9.17) is 28.3 Å². The highest BCUT2D eigenvalue weighted by Crippen LogP contribution is 2.35. The second-order valence-corrected chi connectivity index (χ2v) is 5.35. The van der Waals surface area contributed by atoms with Crippen LogP contribution in [0.1, 0.15) is 24.4 Å². The summed E-state index contributed by atoms with van der Waals surface area (Å²) >= 11 is 11.9. The number of rotatable bonds is 3. The second-order valence-electron chi connectivity index (χ2n) is 4.53. The van der Waals surface area contributed by atoms with Crippen molar-refractivity contribution < 1.29 is 14.7 Å². The summed E-state index contributed by atoms with van der Waals surface area (Å²) in [5.41, 5.74) is 0.911. The predicted octanol–water partition coefficient (Wildman–Crippen LogP) is 3.30. The third-order valence-electron chi connectivity index (χ3n) is 3.23. The van der Waals surface area contributed by atoms with E-state index in [0.717, 1.165) is 30.6 Å². The molecule has 2 rings (SSSR count). The molecule has 1 unspecified atom stereocenters. The first-order valence-corrected chi connectivity index (χ1v) is 6.91. The van der Waals surface area contributed by atoms with Crippen LogP contribution < -0.4 is 0 Å². The van der Waals surface area contributed by atoms with Crippen LogP contribution >= 0.6 is 23.2 Å². The molecule has 6 heteroatoms. The molecule has 1 heterocycles. The molecule has 1 saturated heterocycles. The molecular formula is C14H13Cl2NO3. The molecule has 0 radical (unpaired) electrons. The van der Waals surface area contributed by atoms with E-state index in [1.807, 2.05) is 6.07 Å². The van der Waals surface area contributed by atoms with Gasteiger partial charge in [-0.1, -0.05) is 29.3 Å². The molecule has 0 saturated carbocycles. The van der Waals surface area contributed by atoms with Crippen LogP contribution in [0.3, 0.4) is 0 Å². The number of carbonyl (C=O) groups is 2. The highest BCUT2D eigenvalue weighted by atomic mass is 35.5. The highest BCUT2D eigenvalue weighted by Gasteiger charge is 2.29. The zero-order valence-electron chi connectivity index (χ0n) is 10.6. The summed E-state index contributed by atoms with van der Waals surface area (Å²) in [6.07, 6.45) is 3.63. The minimum atomic E-state index is -1.14. The van der Waals surface area contributed by atoms with Gasteiger partial charge < -0.3 is 10.0 Å². The number of carbonyl (C=O) groups excluding carboxylic acids is 1. The molecule has 4 nitrogen and oxygen atoms in total. The van der Waals surface area contributed by atoms with Gasteiger partial charge in [0.05, 0.1) is 16.1 Å². The number of halogens is 2. The van der Waals surface area contributed by atoms with Gasteiger partial charge >= 0.3 is 5.97 Å². The Morgan fingerprint density at radius 3 is 2.65 bits per heavy atom. The molecule has 106 valence electrons. The van der Waals surface area contributed by atoms with Crippen molar-refractivity contribution in [2.75, 3.05) is 6.54 Å². The Morgan fingerprint density at radius 2 is 2.00 bits per heavy atom. The molecule has 0 aliphatic carbocycles. The molecule has 0 aromatic heterocycles. The number of benzene rings is 1. The Morgan fingerprint density at radius 1 is 1.25 bits per heavy atom. The Kier molecular flexibility index (Phi) is 4.68. The van der Waals surface area contributed by atoms with Crippen molar-refractivity contribution in [2.24, 2.45) is 0 Å².